The molecule has 0 aliphatic rings. The lowest BCUT2D eigenvalue weighted by Crippen LogP contribution is -2.41. The van der Waals surface area contributed by atoms with Crippen molar-refractivity contribution in [1.29, 1.82) is 0 Å². The monoisotopic (exact) mass is 260 g/mol. The van der Waals surface area contributed by atoms with Crippen molar-refractivity contribution < 1.29 is 9.90 Å². The first kappa shape index (κ1) is 12.8. The molecule has 1 heterocycles. The van der Waals surface area contributed by atoms with E-state index in [-0.39, 0.29) is 5.92 Å². The molecular weight excluding hydrogens is 244 g/mol. The molecule has 3 heteroatoms. The van der Waals surface area contributed by atoms with Crippen molar-refractivity contribution in [1.82, 2.24) is 0 Å². The molecule has 0 saturated carbocycles. The Hall–Kier alpha value is -1.61. The zero-order chi connectivity index (χ0) is 13.2. The van der Waals surface area contributed by atoms with Gasteiger partial charge in [-0.3, -0.25) is 4.79 Å². The Morgan fingerprint density at radius 3 is 2.28 bits per heavy atom. The molecule has 0 fully saturated rings. The zero-order valence-electron chi connectivity index (χ0n) is 10.5. The Kier molecular flexibility index (Phi) is 3.53. The molecule has 0 bridgehead atoms. The molecule has 94 valence electrons. The highest BCUT2D eigenvalue weighted by Crippen LogP contribution is 2.41. The SMILES string of the molecule is CC(C)C(C(=O)O)(c1ccccc1)c1cccs1. The van der Waals surface area contributed by atoms with Gasteiger partial charge in [-0.15, -0.1) is 11.3 Å². The summed E-state index contributed by atoms with van der Waals surface area (Å²) in [7, 11) is 0. The van der Waals surface area contributed by atoms with Crippen molar-refractivity contribution in [2.45, 2.75) is 19.3 Å². The maximum atomic E-state index is 12.0. The van der Waals surface area contributed by atoms with Crippen LogP contribution in [0.2, 0.25) is 0 Å². The first-order valence-electron chi connectivity index (χ1n) is 5.93. The summed E-state index contributed by atoms with van der Waals surface area (Å²) in [4.78, 5) is 12.9. The highest BCUT2D eigenvalue weighted by atomic mass is 32.1. The van der Waals surface area contributed by atoms with E-state index in [0.29, 0.717) is 0 Å². The van der Waals surface area contributed by atoms with Gasteiger partial charge in [-0.1, -0.05) is 50.2 Å². The molecule has 2 nitrogen and oxygen atoms in total. The van der Waals surface area contributed by atoms with Gasteiger partial charge in [-0.2, -0.15) is 0 Å². The summed E-state index contributed by atoms with van der Waals surface area (Å²) in [5.74, 6) is -0.804. The molecule has 1 aromatic carbocycles. The molecule has 2 rings (SSSR count). The van der Waals surface area contributed by atoms with Gasteiger partial charge in [-0.05, 0) is 22.9 Å². The molecule has 18 heavy (non-hydrogen) atoms. The zero-order valence-corrected chi connectivity index (χ0v) is 11.3. The minimum atomic E-state index is -0.949. The van der Waals surface area contributed by atoms with Crippen LogP contribution >= 0.6 is 11.3 Å². The van der Waals surface area contributed by atoms with Crippen LogP contribution in [0.1, 0.15) is 24.3 Å². The molecule has 0 aliphatic carbocycles. The van der Waals surface area contributed by atoms with Gasteiger partial charge >= 0.3 is 5.97 Å². The van der Waals surface area contributed by atoms with Gasteiger partial charge in [0.25, 0.3) is 0 Å². The van der Waals surface area contributed by atoms with Gasteiger partial charge in [0, 0.05) is 4.88 Å². The van der Waals surface area contributed by atoms with E-state index < -0.39 is 11.4 Å². The molecule has 0 saturated heterocycles. The molecule has 1 atom stereocenters. The molecule has 0 spiro atoms. The predicted molar refractivity (Wildman–Crippen MR) is 74.0 cm³/mol. The van der Waals surface area contributed by atoms with E-state index in [2.05, 4.69) is 0 Å². The van der Waals surface area contributed by atoms with Gasteiger partial charge in [0.05, 0.1) is 0 Å². The highest BCUT2D eigenvalue weighted by Gasteiger charge is 2.45. The quantitative estimate of drug-likeness (QED) is 0.908. The molecular formula is C15H16O2S. The fourth-order valence-electron chi connectivity index (χ4n) is 2.44. The number of carboxylic acids is 1. The summed E-state index contributed by atoms with van der Waals surface area (Å²) in [6, 6.07) is 13.3. The lowest BCUT2D eigenvalue weighted by Gasteiger charge is -2.33. The van der Waals surface area contributed by atoms with Crippen LogP contribution in [0, 0.1) is 5.92 Å². The average molecular weight is 260 g/mol. The number of thiophene rings is 1. The summed E-state index contributed by atoms with van der Waals surface area (Å²) >= 11 is 1.50. The predicted octanol–water partition coefficient (Wildman–Crippen LogP) is 3.77. The molecule has 0 aliphatic heterocycles. The number of carboxylic acid groups (broad SMARTS) is 1. The van der Waals surface area contributed by atoms with Crippen LogP contribution in [-0.2, 0) is 10.2 Å². The van der Waals surface area contributed by atoms with Crippen LogP contribution in [0.4, 0.5) is 0 Å². The van der Waals surface area contributed by atoms with Gasteiger partial charge in [0.2, 0.25) is 0 Å². The standard InChI is InChI=1S/C15H16O2S/c1-11(2)15(14(16)17,13-9-6-10-18-13)12-7-4-3-5-8-12/h3-11H,1-2H3,(H,16,17). The average Bonchev–Trinajstić information content (AvgIpc) is 2.84. The number of hydrogen-bond donors (Lipinski definition) is 1. The maximum Gasteiger partial charge on any atom is 0.319 e. The first-order valence-corrected chi connectivity index (χ1v) is 6.81. The minimum Gasteiger partial charge on any atom is -0.480 e. The van der Waals surface area contributed by atoms with E-state index in [1.54, 1.807) is 0 Å². The lowest BCUT2D eigenvalue weighted by molar-refractivity contribution is -0.143. The van der Waals surface area contributed by atoms with Crippen LogP contribution < -0.4 is 0 Å². The second-order valence-corrected chi connectivity index (χ2v) is 5.56. The van der Waals surface area contributed by atoms with E-state index in [0.717, 1.165) is 10.4 Å². The second-order valence-electron chi connectivity index (χ2n) is 4.61. The number of rotatable bonds is 4. The summed E-state index contributed by atoms with van der Waals surface area (Å²) in [6.07, 6.45) is 0. The van der Waals surface area contributed by atoms with Crippen molar-refractivity contribution in [3.05, 3.63) is 58.3 Å². The Morgan fingerprint density at radius 1 is 1.17 bits per heavy atom. The van der Waals surface area contributed by atoms with E-state index in [1.807, 2.05) is 61.7 Å². The fraction of sp³-hybridized carbons (Fsp3) is 0.267. The van der Waals surface area contributed by atoms with E-state index in [9.17, 15) is 9.90 Å². The first-order chi connectivity index (χ1) is 8.60. The van der Waals surface area contributed by atoms with Crippen molar-refractivity contribution in [2.75, 3.05) is 0 Å². The van der Waals surface area contributed by atoms with Crippen LogP contribution in [0.15, 0.2) is 47.8 Å². The third kappa shape index (κ3) is 1.85. The molecule has 0 radical (unpaired) electrons. The Balaban J connectivity index is 2.70. The summed E-state index contributed by atoms with van der Waals surface area (Å²) in [5.41, 5.74) is -0.106. The topological polar surface area (TPSA) is 37.3 Å². The Labute approximate surface area is 111 Å². The molecule has 0 amide bonds. The van der Waals surface area contributed by atoms with Crippen LogP contribution in [0.5, 0.6) is 0 Å². The lowest BCUT2D eigenvalue weighted by atomic mass is 9.70. The molecule has 1 N–H and O–H groups in total. The van der Waals surface area contributed by atoms with Gasteiger partial charge in [-0.25, -0.2) is 0 Å². The number of carbonyl (C=O) groups is 1. The number of hydrogen-bond acceptors (Lipinski definition) is 2. The normalized spacial score (nSPS) is 14.4. The smallest absolute Gasteiger partial charge is 0.319 e. The van der Waals surface area contributed by atoms with Crippen LogP contribution in [0.25, 0.3) is 0 Å². The summed E-state index contributed by atoms with van der Waals surface area (Å²) in [5, 5.41) is 11.8. The van der Waals surface area contributed by atoms with Crippen LogP contribution in [-0.4, -0.2) is 11.1 Å². The van der Waals surface area contributed by atoms with E-state index >= 15 is 0 Å². The second kappa shape index (κ2) is 4.94. The van der Waals surface area contributed by atoms with Gasteiger partial charge in [0.1, 0.15) is 5.41 Å². The van der Waals surface area contributed by atoms with Crippen LogP contribution in [0.3, 0.4) is 0 Å². The molecule has 1 aromatic heterocycles. The molecule has 1 unspecified atom stereocenters. The van der Waals surface area contributed by atoms with Gasteiger partial charge in [0.15, 0.2) is 0 Å². The fourth-order valence-corrected chi connectivity index (χ4v) is 3.53. The van der Waals surface area contributed by atoms with Crippen molar-refractivity contribution in [3.63, 3.8) is 0 Å². The Bertz CT molecular complexity index is 517. The van der Waals surface area contributed by atoms with Crippen molar-refractivity contribution in [3.8, 4) is 0 Å². The Morgan fingerprint density at radius 2 is 1.83 bits per heavy atom. The van der Waals surface area contributed by atoms with Crippen molar-refractivity contribution >= 4 is 17.3 Å². The highest BCUT2D eigenvalue weighted by molar-refractivity contribution is 7.10. The number of benzene rings is 1. The van der Waals surface area contributed by atoms with Crippen molar-refractivity contribution in [2.24, 2.45) is 5.92 Å². The van der Waals surface area contributed by atoms with Gasteiger partial charge < -0.3 is 5.11 Å². The molecule has 2 aromatic rings. The minimum absolute atomic E-state index is 0.0175. The maximum absolute atomic E-state index is 12.0. The summed E-state index contributed by atoms with van der Waals surface area (Å²) in [6.45, 7) is 3.92. The summed E-state index contributed by atoms with van der Waals surface area (Å²) < 4.78 is 0. The number of aliphatic carboxylic acids is 1. The van der Waals surface area contributed by atoms with E-state index in [4.69, 9.17) is 0 Å². The van der Waals surface area contributed by atoms with E-state index in [1.165, 1.54) is 11.3 Å². The largest absolute Gasteiger partial charge is 0.480 e. The third-order valence-corrected chi connectivity index (χ3v) is 4.35. The third-order valence-electron chi connectivity index (χ3n) is 3.34.